The number of nitrogens with one attached hydrogen (secondary N) is 1. The number of ether oxygens (including phenoxy) is 1. The van der Waals surface area contributed by atoms with Crippen molar-refractivity contribution in [2.45, 2.75) is 10.1 Å². The molecule has 0 bridgehead atoms. The summed E-state index contributed by atoms with van der Waals surface area (Å²) in [5.41, 5.74) is 2.92. The van der Waals surface area contributed by atoms with Crippen molar-refractivity contribution in [1.29, 1.82) is 0 Å². The predicted octanol–water partition coefficient (Wildman–Crippen LogP) is 6.37. The number of thioether (sulfide) groups is 1. The van der Waals surface area contributed by atoms with Gasteiger partial charge in [-0.1, -0.05) is 58.0 Å². The molecular weight excluding hydrogens is 468 g/mol. The number of hydrogen-bond acceptors (Lipinski definition) is 5. The average Bonchev–Trinajstić information content (AvgIpc) is 3.14. The average molecular weight is 485 g/mol. The number of para-hydroxylation sites is 1. The molecule has 1 heterocycles. The summed E-state index contributed by atoms with van der Waals surface area (Å²) >= 11 is 6.85. The van der Waals surface area contributed by atoms with Gasteiger partial charge in [-0.05, 0) is 48.0 Å². The minimum absolute atomic E-state index is 0.0293. The molecule has 0 aliphatic carbocycles. The minimum atomic E-state index is -0.193. The molecule has 0 fully saturated rings. The monoisotopic (exact) mass is 484 g/mol. The molecule has 0 atom stereocenters. The summed E-state index contributed by atoms with van der Waals surface area (Å²) in [6, 6.07) is 23.3. The van der Waals surface area contributed by atoms with Gasteiger partial charge in [-0.15, -0.1) is 11.3 Å². The number of halogens is 1. The van der Waals surface area contributed by atoms with E-state index in [2.05, 4.69) is 38.4 Å². The van der Waals surface area contributed by atoms with E-state index in [0.29, 0.717) is 5.75 Å². The summed E-state index contributed by atoms with van der Waals surface area (Å²) in [4.78, 5) is 16.8. The van der Waals surface area contributed by atoms with Crippen LogP contribution in [-0.4, -0.2) is 17.5 Å². The Balaban J connectivity index is 1.37. The molecule has 1 amide bonds. The zero-order valence-electron chi connectivity index (χ0n) is 15.3. The molecule has 4 nitrogen and oxygen atoms in total. The molecular formula is C22H17BrN2O2S2. The first-order valence-corrected chi connectivity index (χ1v) is 11.5. The van der Waals surface area contributed by atoms with Crippen LogP contribution in [0.4, 0.5) is 5.69 Å². The molecule has 29 heavy (non-hydrogen) atoms. The van der Waals surface area contributed by atoms with Gasteiger partial charge in [-0.25, -0.2) is 4.98 Å². The maximum Gasteiger partial charge on any atom is 0.262 e. The Morgan fingerprint density at radius 3 is 2.76 bits per heavy atom. The third-order valence-electron chi connectivity index (χ3n) is 4.02. The van der Waals surface area contributed by atoms with Crippen molar-refractivity contribution in [3.8, 4) is 5.75 Å². The van der Waals surface area contributed by atoms with Crippen LogP contribution in [0.2, 0.25) is 0 Å². The van der Waals surface area contributed by atoms with E-state index in [1.807, 2.05) is 60.7 Å². The van der Waals surface area contributed by atoms with E-state index in [0.717, 1.165) is 30.5 Å². The van der Waals surface area contributed by atoms with Crippen molar-refractivity contribution in [3.05, 3.63) is 82.8 Å². The highest BCUT2D eigenvalue weighted by Gasteiger charge is 2.08. The zero-order chi connectivity index (χ0) is 20.1. The first-order chi connectivity index (χ1) is 14.2. The number of nitrogens with zero attached hydrogens (tertiary/aromatic N) is 1. The van der Waals surface area contributed by atoms with Crippen LogP contribution >= 0.6 is 39.0 Å². The molecule has 0 aliphatic rings. The van der Waals surface area contributed by atoms with Gasteiger partial charge in [0, 0.05) is 15.9 Å². The maximum atomic E-state index is 12.2. The van der Waals surface area contributed by atoms with E-state index >= 15 is 0 Å². The highest BCUT2D eigenvalue weighted by Crippen LogP contribution is 2.33. The Morgan fingerprint density at radius 1 is 1.07 bits per heavy atom. The van der Waals surface area contributed by atoms with Crippen LogP contribution < -0.4 is 10.1 Å². The van der Waals surface area contributed by atoms with Crippen LogP contribution in [0.15, 0.2) is 81.6 Å². The molecule has 0 aliphatic heterocycles. The number of carbonyl (C=O) groups excluding carboxylic acids is 1. The molecule has 0 unspecified atom stereocenters. The minimum Gasteiger partial charge on any atom is -0.484 e. The molecule has 1 N–H and O–H groups in total. The van der Waals surface area contributed by atoms with Crippen molar-refractivity contribution in [2.24, 2.45) is 0 Å². The van der Waals surface area contributed by atoms with Gasteiger partial charge in [-0.2, -0.15) is 0 Å². The van der Waals surface area contributed by atoms with E-state index in [-0.39, 0.29) is 12.5 Å². The van der Waals surface area contributed by atoms with Crippen LogP contribution in [0.25, 0.3) is 10.2 Å². The smallest absolute Gasteiger partial charge is 0.262 e. The topological polar surface area (TPSA) is 51.2 Å². The second kappa shape index (κ2) is 9.43. The number of amides is 1. The van der Waals surface area contributed by atoms with Crippen molar-refractivity contribution in [1.82, 2.24) is 4.98 Å². The van der Waals surface area contributed by atoms with Crippen molar-refractivity contribution in [3.63, 3.8) is 0 Å². The highest BCUT2D eigenvalue weighted by molar-refractivity contribution is 9.10. The van der Waals surface area contributed by atoms with Gasteiger partial charge in [0.25, 0.3) is 5.91 Å². The first-order valence-electron chi connectivity index (χ1n) is 8.91. The van der Waals surface area contributed by atoms with E-state index in [9.17, 15) is 4.79 Å². The fourth-order valence-electron chi connectivity index (χ4n) is 2.68. The quantitative estimate of drug-likeness (QED) is 0.309. The lowest BCUT2D eigenvalue weighted by Crippen LogP contribution is -2.20. The lowest BCUT2D eigenvalue weighted by atomic mass is 10.2. The number of hydrogen-bond donors (Lipinski definition) is 1. The standard InChI is InChI=1S/C22H17BrN2O2S2/c23-16-6-4-5-15(11-16)14-28-22-25-19-10-9-17(12-20(19)29-22)24-21(26)13-27-18-7-2-1-3-8-18/h1-12H,13-14H2,(H,24,26). The van der Waals surface area contributed by atoms with E-state index in [1.165, 1.54) is 5.56 Å². The molecule has 4 aromatic rings. The van der Waals surface area contributed by atoms with Crippen LogP contribution in [0.3, 0.4) is 0 Å². The van der Waals surface area contributed by atoms with Gasteiger partial charge in [-0.3, -0.25) is 4.79 Å². The highest BCUT2D eigenvalue weighted by atomic mass is 79.9. The molecule has 1 aromatic heterocycles. The van der Waals surface area contributed by atoms with Gasteiger partial charge in [0.05, 0.1) is 10.2 Å². The number of aromatic nitrogens is 1. The molecule has 0 spiro atoms. The predicted molar refractivity (Wildman–Crippen MR) is 124 cm³/mol. The van der Waals surface area contributed by atoms with Gasteiger partial charge in [0.15, 0.2) is 10.9 Å². The van der Waals surface area contributed by atoms with Gasteiger partial charge < -0.3 is 10.1 Å². The number of carbonyl (C=O) groups is 1. The Labute approximate surface area is 185 Å². The largest absolute Gasteiger partial charge is 0.484 e. The summed E-state index contributed by atoms with van der Waals surface area (Å²) in [7, 11) is 0. The number of rotatable bonds is 7. The molecule has 0 radical (unpaired) electrons. The molecule has 3 aromatic carbocycles. The third-order valence-corrected chi connectivity index (χ3v) is 6.74. The molecule has 146 valence electrons. The SMILES string of the molecule is O=C(COc1ccccc1)Nc1ccc2nc(SCc3cccc(Br)c3)sc2c1. The summed E-state index contributed by atoms with van der Waals surface area (Å²) < 4.78 is 8.62. The second-order valence-corrected chi connectivity index (χ2v) is 9.40. The van der Waals surface area contributed by atoms with Crippen LogP contribution in [0.1, 0.15) is 5.56 Å². The van der Waals surface area contributed by atoms with Crippen LogP contribution in [0, 0.1) is 0 Å². The first kappa shape index (κ1) is 19.9. The van der Waals surface area contributed by atoms with E-state index in [4.69, 9.17) is 4.74 Å². The normalized spacial score (nSPS) is 10.8. The number of anilines is 1. The molecule has 0 saturated heterocycles. The van der Waals surface area contributed by atoms with E-state index in [1.54, 1.807) is 23.1 Å². The van der Waals surface area contributed by atoms with Gasteiger partial charge >= 0.3 is 0 Å². The Bertz CT molecular complexity index is 1130. The summed E-state index contributed by atoms with van der Waals surface area (Å²) in [5, 5.41) is 2.88. The molecule has 4 rings (SSSR count). The lowest BCUT2D eigenvalue weighted by Gasteiger charge is -2.07. The summed E-state index contributed by atoms with van der Waals surface area (Å²) in [5.74, 6) is 1.34. The van der Waals surface area contributed by atoms with Crippen LogP contribution in [0.5, 0.6) is 5.75 Å². The third kappa shape index (κ3) is 5.59. The summed E-state index contributed by atoms with van der Waals surface area (Å²) in [6.07, 6.45) is 0. The Kier molecular flexibility index (Phi) is 6.49. The van der Waals surface area contributed by atoms with Gasteiger partial charge in [0.2, 0.25) is 0 Å². The van der Waals surface area contributed by atoms with Crippen molar-refractivity contribution in [2.75, 3.05) is 11.9 Å². The molecule has 0 saturated carbocycles. The Morgan fingerprint density at radius 2 is 1.93 bits per heavy atom. The zero-order valence-corrected chi connectivity index (χ0v) is 18.5. The fraction of sp³-hybridized carbons (Fsp3) is 0.0909. The van der Waals surface area contributed by atoms with Crippen molar-refractivity contribution < 1.29 is 9.53 Å². The summed E-state index contributed by atoms with van der Waals surface area (Å²) in [6.45, 7) is -0.0293. The fourth-order valence-corrected chi connectivity index (χ4v) is 5.17. The number of fused-ring (bicyclic) bond motifs is 1. The number of benzene rings is 3. The van der Waals surface area contributed by atoms with Crippen LogP contribution in [-0.2, 0) is 10.5 Å². The van der Waals surface area contributed by atoms with E-state index < -0.39 is 0 Å². The number of thiazole rings is 1. The van der Waals surface area contributed by atoms with Gasteiger partial charge in [0.1, 0.15) is 5.75 Å². The lowest BCUT2D eigenvalue weighted by molar-refractivity contribution is -0.118. The maximum absolute atomic E-state index is 12.2. The Hall–Kier alpha value is -2.35. The second-order valence-electron chi connectivity index (χ2n) is 6.23. The van der Waals surface area contributed by atoms with Crippen molar-refractivity contribution >= 4 is 60.8 Å². The molecule has 7 heteroatoms.